The minimum Gasteiger partial charge on any atom is -0.495 e. The van der Waals surface area contributed by atoms with E-state index in [2.05, 4.69) is 26.8 Å². The van der Waals surface area contributed by atoms with Crippen molar-refractivity contribution in [3.8, 4) is 11.5 Å². The van der Waals surface area contributed by atoms with Crippen molar-refractivity contribution in [3.05, 3.63) is 84.4 Å². The lowest BCUT2D eigenvalue weighted by Crippen LogP contribution is -2.54. The summed E-state index contributed by atoms with van der Waals surface area (Å²) in [6, 6.07) is 14.0. The third-order valence-electron chi connectivity index (χ3n) is 6.05. The van der Waals surface area contributed by atoms with Crippen LogP contribution in [0.5, 0.6) is 11.5 Å². The Morgan fingerprint density at radius 2 is 2.02 bits per heavy atom. The molecule has 1 unspecified atom stereocenters. The molecule has 0 aliphatic carbocycles. The highest BCUT2D eigenvalue weighted by Gasteiger charge is 2.36. The van der Waals surface area contributed by atoms with Crippen molar-refractivity contribution >= 4 is 51.6 Å². The first-order valence-corrected chi connectivity index (χ1v) is 12.5. The van der Waals surface area contributed by atoms with Gasteiger partial charge in [0.1, 0.15) is 36.3 Å². The van der Waals surface area contributed by atoms with Crippen LogP contribution >= 0.6 is 11.6 Å². The second-order valence-corrected chi connectivity index (χ2v) is 9.00. The van der Waals surface area contributed by atoms with Crippen LogP contribution in [0.3, 0.4) is 0 Å². The number of ether oxygens (including phenoxy) is 2. The Bertz CT molecular complexity index is 1530. The summed E-state index contributed by atoms with van der Waals surface area (Å²) < 4.78 is 11.0. The Labute approximate surface area is 235 Å². The van der Waals surface area contributed by atoms with E-state index in [4.69, 9.17) is 31.9 Å². The first-order valence-electron chi connectivity index (χ1n) is 12.1. The molecule has 1 amide bonds. The van der Waals surface area contributed by atoms with Gasteiger partial charge in [0.2, 0.25) is 5.91 Å². The molecule has 1 aliphatic heterocycles. The van der Waals surface area contributed by atoms with Crippen LogP contribution < -0.4 is 20.5 Å². The lowest BCUT2D eigenvalue weighted by Gasteiger charge is -2.37. The van der Waals surface area contributed by atoms with Gasteiger partial charge in [0.05, 0.1) is 29.0 Å². The summed E-state index contributed by atoms with van der Waals surface area (Å²) in [6.45, 7) is 4.14. The Morgan fingerprint density at radius 1 is 1.20 bits per heavy atom. The number of fused-ring (bicyclic) bond motifs is 1. The summed E-state index contributed by atoms with van der Waals surface area (Å²) in [4.78, 5) is 35.4. The Balaban J connectivity index is 0.000000283. The molecule has 1 aliphatic rings. The molecule has 0 radical (unpaired) electrons. The first-order chi connectivity index (χ1) is 19.3. The van der Waals surface area contributed by atoms with Gasteiger partial charge in [-0.3, -0.25) is 9.78 Å². The van der Waals surface area contributed by atoms with Crippen LogP contribution in [0, 0.1) is 0 Å². The summed E-state index contributed by atoms with van der Waals surface area (Å²) in [5.74, 6) is 0.515. The van der Waals surface area contributed by atoms with Gasteiger partial charge >= 0.3 is 5.97 Å². The number of methoxy groups -OCH3 is 1. The van der Waals surface area contributed by atoms with Crippen LogP contribution in [0.2, 0.25) is 5.02 Å². The van der Waals surface area contributed by atoms with Crippen LogP contribution in [0.15, 0.2) is 73.7 Å². The van der Waals surface area contributed by atoms with Gasteiger partial charge in [-0.1, -0.05) is 24.2 Å². The number of nitrogens with zero attached hydrogens (tertiary/aromatic N) is 4. The van der Waals surface area contributed by atoms with Gasteiger partial charge < -0.3 is 30.5 Å². The minimum absolute atomic E-state index is 0.302. The standard InChI is InChI=1S/C21H18ClN5O2.C7H9NO3/c1-28-20-10-18-15(9-17(20)23)21(26-12-25-18)27-13-5-6-19(16(22)8-13)29-11-14-4-2-3-7-24-14;1-2-6(9)8-4-3-5(8)7(10)11/h2-10,12H,11,23H2,1H3,(H,25,26,27);2,5H,1,3-4H2,(H,10,11). The predicted octanol–water partition coefficient (Wildman–Crippen LogP) is 4.45. The number of aliphatic carboxylic acids is 1. The fraction of sp³-hybridized carbons (Fsp3) is 0.179. The highest BCUT2D eigenvalue weighted by atomic mass is 35.5. The summed E-state index contributed by atoms with van der Waals surface area (Å²) in [6.07, 6.45) is 4.89. The zero-order valence-corrected chi connectivity index (χ0v) is 22.3. The maximum absolute atomic E-state index is 10.9. The van der Waals surface area contributed by atoms with E-state index in [-0.39, 0.29) is 5.91 Å². The van der Waals surface area contributed by atoms with Crippen molar-refractivity contribution in [1.29, 1.82) is 0 Å². The van der Waals surface area contributed by atoms with E-state index in [0.717, 1.165) is 28.4 Å². The van der Waals surface area contributed by atoms with E-state index in [9.17, 15) is 9.59 Å². The van der Waals surface area contributed by atoms with Crippen molar-refractivity contribution in [2.24, 2.45) is 0 Å². The average molecular weight is 563 g/mol. The van der Waals surface area contributed by atoms with Gasteiger partial charge in [-0.2, -0.15) is 0 Å². The Morgan fingerprint density at radius 3 is 2.65 bits per heavy atom. The van der Waals surface area contributed by atoms with E-state index < -0.39 is 12.0 Å². The number of hydrogen-bond acceptors (Lipinski definition) is 9. The fourth-order valence-electron chi connectivity index (χ4n) is 3.87. The molecule has 4 aromatic rings. The highest BCUT2D eigenvalue weighted by Crippen LogP contribution is 2.33. The van der Waals surface area contributed by atoms with Gasteiger partial charge in [-0.25, -0.2) is 14.8 Å². The number of carbonyl (C=O) groups is 2. The molecular formula is C28H27ClN6O5. The second-order valence-electron chi connectivity index (χ2n) is 8.59. The number of nitrogen functional groups attached to an aromatic ring is 1. The molecule has 2 aromatic carbocycles. The molecule has 0 bridgehead atoms. The lowest BCUT2D eigenvalue weighted by atomic mass is 10.0. The number of aromatic nitrogens is 3. The number of hydrogen-bond donors (Lipinski definition) is 3. The van der Waals surface area contributed by atoms with Gasteiger partial charge in [-0.15, -0.1) is 0 Å². The van der Waals surface area contributed by atoms with Crippen molar-refractivity contribution in [2.45, 2.75) is 19.1 Å². The zero-order chi connectivity index (χ0) is 28.6. The van der Waals surface area contributed by atoms with E-state index in [1.54, 1.807) is 37.6 Å². The number of benzene rings is 2. The second kappa shape index (κ2) is 12.8. The van der Waals surface area contributed by atoms with Crippen molar-refractivity contribution in [3.63, 3.8) is 0 Å². The molecule has 3 heterocycles. The third-order valence-corrected chi connectivity index (χ3v) is 6.34. The van der Waals surface area contributed by atoms with Crippen molar-refractivity contribution < 1.29 is 24.2 Å². The summed E-state index contributed by atoms with van der Waals surface area (Å²) in [5.41, 5.74) is 8.84. The smallest absolute Gasteiger partial charge is 0.326 e. The largest absolute Gasteiger partial charge is 0.495 e. The van der Waals surface area contributed by atoms with Crippen LogP contribution in [0.1, 0.15) is 12.1 Å². The summed E-state index contributed by atoms with van der Waals surface area (Å²) in [7, 11) is 1.57. The SMILES string of the molecule is C=CC(=O)N1CCC1C(=O)O.COc1cc2ncnc(Nc3ccc(OCc4ccccn4)c(Cl)c3)c2cc1N. The number of halogens is 1. The molecule has 2 aromatic heterocycles. The van der Waals surface area contributed by atoms with E-state index in [0.29, 0.717) is 47.6 Å². The molecular weight excluding hydrogens is 536 g/mol. The summed E-state index contributed by atoms with van der Waals surface area (Å²) >= 11 is 6.39. The van der Waals surface area contributed by atoms with Crippen LogP contribution in [0.25, 0.3) is 10.9 Å². The van der Waals surface area contributed by atoms with Gasteiger partial charge in [0, 0.05) is 29.9 Å². The summed E-state index contributed by atoms with van der Waals surface area (Å²) in [5, 5.41) is 13.0. The van der Waals surface area contributed by atoms with E-state index in [1.165, 1.54) is 11.2 Å². The average Bonchev–Trinajstić information content (AvgIpc) is 2.92. The Hall–Kier alpha value is -4.90. The molecule has 206 valence electrons. The highest BCUT2D eigenvalue weighted by molar-refractivity contribution is 6.32. The Kier molecular flexibility index (Phi) is 8.97. The van der Waals surface area contributed by atoms with E-state index in [1.807, 2.05) is 24.3 Å². The normalized spacial score (nSPS) is 13.8. The van der Waals surface area contributed by atoms with Gasteiger partial charge in [0.15, 0.2) is 0 Å². The number of nitrogens with two attached hydrogens (primary N) is 1. The molecule has 0 spiro atoms. The van der Waals surface area contributed by atoms with Crippen LogP contribution in [-0.2, 0) is 16.2 Å². The maximum Gasteiger partial charge on any atom is 0.326 e. The molecule has 40 heavy (non-hydrogen) atoms. The molecule has 1 fully saturated rings. The first kappa shape index (κ1) is 28.1. The number of pyridine rings is 1. The zero-order valence-electron chi connectivity index (χ0n) is 21.6. The van der Waals surface area contributed by atoms with Gasteiger partial charge in [0.25, 0.3) is 0 Å². The van der Waals surface area contributed by atoms with Crippen molar-refractivity contribution in [1.82, 2.24) is 19.9 Å². The lowest BCUT2D eigenvalue weighted by molar-refractivity contribution is -0.154. The fourth-order valence-corrected chi connectivity index (χ4v) is 4.10. The number of likely N-dealkylation sites (tertiary alicyclic amines) is 1. The number of rotatable bonds is 8. The number of carboxylic acid groups (broad SMARTS) is 1. The molecule has 1 saturated heterocycles. The van der Waals surface area contributed by atoms with E-state index >= 15 is 0 Å². The van der Waals surface area contributed by atoms with Crippen LogP contribution in [0.4, 0.5) is 17.2 Å². The number of amides is 1. The third kappa shape index (κ3) is 6.56. The minimum atomic E-state index is -0.938. The number of anilines is 3. The number of carboxylic acids is 1. The molecule has 4 N–H and O–H groups in total. The monoisotopic (exact) mass is 562 g/mol. The quantitative estimate of drug-likeness (QED) is 0.207. The van der Waals surface area contributed by atoms with Crippen molar-refractivity contribution in [2.75, 3.05) is 24.7 Å². The predicted molar refractivity (Wildman–Crippen MR) is 152 cm³/mol. The topological polar surface area (TPSA) is 153 Å². The molecule has 11 nitrogen and oxygen atoms in total. The maximum atomic E-state index is 10.9. The molecule has 0 saturated carbocycles. The van der Waals surface area contributed by atoms with Crippen LogP contribution in [-0.4, -0.2) is 56.5 Å². The number of nitrogens with one attached hydrogen (secondary N) is 1. The number of carbonyl (C=O) groups excluding carboxylic acids is 1. The molecule has 1 atom stereocenters. The van der Waals surface area contributed by atoms with Gasteiger partial charge in [-0.05, 0) is 48.9 Å². The molecule has 12 heteroatoms. The molecule has 5 rings (SSSR count).